The van der Waals surface area contributed by atoms with E-state index in [9.17, 15) is 9.59 Å². The summed E-state index contributed by atoms with van der Waals surface area (Å²) in [5, 5.41) is 5.04. The van der Waals surface area contributed by atoms with Gasteiger partial charge in [-0.1, -0.05) is 27.7 Å². The highest BCUT2D eigenvalue weighted by atomic mass is 32.1. The van der Waals surface area contributed by atoms with Crippen molar-refractivity contribution in [3.05, 3.63) is 34.8 Å². The van der Waals surface area contributed by atoms with Gasteiger partial charge in [0.2, 0.25) is 5.91 Å². The third kappa shape index (κ3) is 7.02. The Kier molecular flexibility index (Phi) is 8.65. The number of methoxy groups -OCH3 is 2. The van der Waals surface area contributed by atoms with Crippen LogP contribution >= 0.6 is 11.3 Å². The number of thiazole rings is 1. The Bertz CT molecular complexity index is 832. The summed E-state index contributed by atoms with van der Waals surface area (Å²) in [6.45, 7) is 9.86. The van der Waals surface area contributed by atoms with Gasteiger partial charge in [0, 0.05) is 30.1 Å². The second kappa shape index (κ2) is 11.0. The summed E-state index contributed by atoms with van der Waals surface area (Å²) in [4.78, 5) is 31.7. The summed E-state index contributed by atoms with van der Waals surface area (Å²) >= 11 is 1.30. The molecule has 0 saturated carbocycles. The SMILES string of the molecule is COc1cc(OC)cc(C(=O)Nc2nc(CC(=O)N(CC(C)C)CC(C)C)cs2)c1. The Morgan fingerprint density at radius 2 is 1.60 bits per heavy atom. The zero-order valence-electron chi connectivity index (χ0n) is 18.5. The van der Waals surface area contributed by atoms with Gasteiger partial charge >= 0.3 is 0 Å². The van der Waals surface area contributed by atoms with Gasteiger partial charge in [0.05, 0.1) is 26.3 Å². The summed E-state index contributed by atoms with van der Waals surface area (Å²) in [6, 6.07) is 4.96. The molecule has 2 aromatic rings. The lowest BCUT2D eigenvalue weighted by atomic mass is 10.1. The standard InChI is InChI=1S/C22H31N3O4S/c1-14(2)11-25(12-15(3)4)20(26)9-17-13-30-22(23-17)24-21(27)16-7-18(28-5)10-19(8-16)29-6/h7-8,10,13-15H,9,11-12H2,1-6H3,(H,23,24,27). The molecule has 0 saturated heterocycles. The van der Waals surface area contributed by atoms with E-state index < -0.39 is 0 Å². The predicted octanol–water partition coefficient (Wildman–Crippen LogP) is 4.10. The third-order valence-electron chi connectivity index (χ3n) is 4.24. The highest BCUT2D eigenvalue weighted by Gasteiger charge is 2.19. The number of amides is 2. The van der Waals surface area contributed by atoms with Gasteiger partial charge in [-0.2, -0.15) is 0 Å². The molecule has 0 aliphatic heterocycles. The highest BCUT2D eigenvalue weighted by molar-refractivity contribution is 7.14. The summed E-state index contributed by atoms with van der Waals surface area (Å²) in [6.07, 6.45) is 0.221. The van der Waals surface area contributed by atoms with Crippen molar-refractivity contribution in [3.8, 4) is 11.5 Å². The second-order valence-electron chi connectivity index (χ2n) is 7.96. The molecule has 1 aromatic carbocycles. The molecule has 30 heavy (non-hydrogen) atoms. The van der Waals surface area contributed by atoms with Crippen LogP contribution in [-0.4, -0.2) is 49.0 Å². The lowest BCUT2D eigenvalue weighted by molar-refractivity contribution is -0.131. The molecular weight excluding hydrogens is 402 g/mol. The Balaban J connectivity index is 2.05. The lowest BCUT2D eigenvalue weighted by Gasteiger charge is -2.26. The summed E-state index contributed by atoms with van der Waals surface area (Å²) in [7, 11) is 3.06. The maximum atomic E-state index is 12.8. The molecule has 0 radical (unpaired) electrons. The molecule has 0 unspecified atom stereocenters. The molecule has 7 nitrogen and oxygen atoms in total. The monoisotopic (exact) mass is 433 g/mol. The van der Waals surface area contributed by atoms with E-state index in [-0.39, 0.29) is 18.2 Å². The quantitative estimate of drug-likeness (QED) is 0.610. The van der Waals surface area contributed by atoms with Crippen molar-refractivity contribution in [3.63, 3.8) is 0 Å². The van der Waals surface area contributed by atoms with Gasteiger partial charge in [-0.05, 0) is 24.0 Å². The molecule has 164 valence electrons. The molecule has 2 amide bonds. The number of ether oxygens (including phenoxy) is 2. The number of nitrogens with one attached hydrogen (secondary N) is 1. The van der Waals surface area contributed by atoms with Crippen LogP contribution in [0.5, 0.6) is 11.5 Å². The smallest absolute Gasteiger partial charge is 0.257 e. The lowest BCUT2D eigenvalue weighted by Crippen LogP contribution is -2.38. The van der Waals surface area contributed by atoms with Crippen molar-refractivity contribution in [2.75, 3.05) is 32.6 Å². The normalized spacial score (nSPS) is 10.9. The number of benzene rings is 1. The average molecular weight is 434 g/mol. The van der Waals surface area contributed by atoms with Crippen molar-refractivity contribution in [2.45, 2.75) is 34.1 Å². The highest BCUT2D eigenvalue weighted by Crippen LogP contribution is 2.24. The summed E-state index contributed by atoms with van der Waals surface area (Å²) in [5.74, 6) is 1.59. The van der Waals surface area contributed by atoms with Gasteiger partial charge in [0.15, 0.2) is 5.13 Å². The van der Waals surface area contributed by atoms with Crippen LogP contribution in [0.4, 0.5) is 5.13 Å². The first-order valence-electron chi connectivity index (χ1n) is 9.98. The van der Waals surface area contributed by atoms with E-state index in [0.29, 0.717) is 39.7 Å². The van der Waals surface area contributed by atoms with Crippen LogP contribution in [-0.2, 0) is 11.2 Å². The molecule has 0 aliphatic carbocycles. The number of hydrogen-bond donors (Lipinski definition) is 1. The number of carbonyl (C=O) groups excluding carboxylic acids is 2. The number of hydrogen-bond acceptors (Lipinski definition) is 6. The van der Waals surface area contributed by atoms with E-state index in [4.69, 9.17) is 9.47 Å². The van der Waals surface area contributed by atoms with Crippen molar-refractivity contribution in [1.82, 2.24) is 9.88 Å². The van der Waals surface area contributed by atoms with Crippen LogP contribution in [0.15, 0.2) is 23.6 Å². The molecule has 8 heteroatoms. The van der Waals surface area contributed by atoms with Crippen molar-refractivity contribution >= 4 is 28.3 Å². The fourth-order valence-electron chi connectivity index (χ4n) is 2.98. The fraction of sp³-hybridized carbons (Fsp3) is 0.500. The fourth-order valence-corrected chi connectivity index (χ4v) is 3.69. The molecule has 0 spiro atoms. The largest absolute Gasteiger partial charge is 0.497 e. The number of carbonyl (C=O) groups is 2. The second-order valence-corrected chi connectivity index (χ2v) is 8.82. The number of rotatable bonds is 10. The van der Waals surface area contributed by atoms with Crippen molar-refractivity contribution in [1.29, 1.82) is 0 Å². The maximum absolute atomic E-state index is 12.8. The van der Waals surface area contributed by atoms with Crippen LogP contribution in [0.3, 0.4) is 0 Å². The van der Waals surface area contributed by atoms with Crippen LogP contribution in [0, 0.1) is 11.8 Å². The molecule has 0 atom stereocenters. The number of anilines is 1. The number of aromatic nitrogens is 1. The van der Waals surface area contributed by atoms with Crippen LogP contribution in [0.1, 0.15) is 43.7 Å². The van der Waals surface area contributed by atoms with Crippen LogP contribution < -0.4 is 14.8 Å². The van der Waals surface area contributed by atoms with E-state index in [1.54, 1.807) is 18.2 Å². The minimum Gasteiger partial charge on any atom is -0.497 e. The zero-order valence-corrected chi connectivity index (χ0v) is 19.3. The van der Waals surface area contributed by atoms with Crippen LogP contribution in [0.2, 0.25) is 0 Å². The van der Waals surface area contributed by atoms with E-state index >= 15 is 0 Å². The Morgan fingerprint density at radius 3 is 2.10 bits per heavy atom. The molecule has 1 aromatic heterocycles. The van der Waals surface area contributed by atoms with Crippen molar-refractivity contribution < 1.29 is 19.1 Å². The Labute approximate surface area is 182 Å². The number of nitrogens with zero attached hydrogens (tertiary/aromatic N) is 2. The first-order chi connectivity index (χ1) is 14.2. The molecule has 0 bridgehead atoms. The van der Waals surface area contributed by atoms with Crippen molar-refractivity contribution in [2.24, 2.45) is 11.8 Å². The summed E-state index contributed by atoms with van der Waals surface area (Å²) < 4.78 is 10.4. The maximum Gasteiger partial charge on any atom is 0.257 e. The zero-order chi connectivity index (χ0) is 22.3. The van der Waals surface area contributed by atoms with E-state index in [2.05, 4.69) is 38.0 Å². The molecule has 2 rings (SSSR count). The molecular formula is C22H31N3O4S. The first kappa shape index (κ1) is 23.7. The van der Waals surface area contributed by atoms with Gasteiger partial charge < -0.3 is 14.4 Å². The average Bonchev–Trinajstić information content (AvgIpc) is 3.12. The van der Waals surface area contributed by atoms with Gasteiger partial charge in [-0.15, -0.1) is 11.3 Å². The van der Waals surface area contributed by atoms with Gasteiger partial charge in [-0.3, -0.25) is 14.9 Å². The van der Waals surface area contributed by atoms with E-state index in [1.807, 2.05) is 10.3 Å². The van der Waals surface area contributed by atoms with E-state index in [1.165, 1.54) is 25.6 Å². The molecule has 0 aliphatic rings. The van der Waals surface area contributed by atoms with Gasteiger partial charge in [0.25, 0.3) is 5.91 Å². The Morgan fingerprint density at radius 1 is 1.03 bits per heavy atom. The summed E-state index contributed by atoms with van der Waals surface area (Å²) in [5.41, 5.74) is 1.06. The Hall–Kier alpha value is -2.61. The molecule has 1 N–H and O–H groups in total. The minimum atomic E-state index is -0.319. The van der Waals surface area contributed by atoms with Crippen LogP contribution in [0.25, 0.3) is 0 Å². The predicted molar refractivity (Wildman–Crippen MR) is 120 cm³/mol. The minimum absolute atomic E-state index is 0.0538. The van der Waals surface area contributed by atoms with Gasteiger partial charge in [0.1, 0.15) is 11.5 Å². The molecule has 0 fully saturated rings. The first-order valence-corrected chi connectivity index (χ1v) is 10.9. The third-order valence-corrected chi connectivity index (χ3v) is 5.05. The topological polar surface area (TPSA) is 80.8 Å². The van der Waals surface area contributed by atoms with E-state index in [0.717, 1.165) is 13.1 Å². The van der Waals surface area contributed by atoms with Gasteiger partial charge in [-0.25, -0.2) is 4.98 Å². The molecule has 1 heterocycles.